The van der Waals surface area contributed by atoms with Gasteiger partial charge < -0.3 is 19.8 Å². The highest BCUT2D eigenvalue weighted by atomic mass is 16.5. The summed E-state index contributed by atoms with van der Waals surface area (Å²) >= 11 is 0. The van der Waals surface area contributed by atoms with E-state index in [1.54, 1.807) is 24.3 Å². The molecule has 0 atom stereocenters. The molecule has 7 nitrogen and oxygen atoms in total. The van der Waals surface area contributed by atoms with Crippen molar-refractivity contribution in [1.29, 1.82) is 0 Å². The first-order valence-corrected chi connectivity index (χ1v) is 6.43. The lowest BCUT2D eigenvalue weighted by Crippen LogP contribution is -2.25. The second-order valence-corrected chi connectivity index (χ2v) is 4.26. The van der Waals surface area contributed by atoms with Crippen LogP contribution in [0, 0.1) is 0 Å². The van der Waals surface area contributed by atoms with Gasteiger partial charge >= 0.3 is 5.97 Å². The molecule has 0 aliphatic rings. The maximum Gasteiger partial charge on any atom is 0.338 e. The SMILES string of the molecule is CNC(=O)COC(=O)c1ccc(NC(=O)c2ccco2)cc1. The second kappa shape index (κ2) is 7.07. The molecule has 2 N–H and O–H groups in total. The molecule has 22 heavy (non-hydrogen) atoms. The number of amides is 2. The van der Waals surface area contributed by atoms with E-state index in [-0.39, 0.29) is 23.8 Å². The lowest BCUT2D eigenvalue weighted by molar-refractivity contribution is -0.123. The molecule has 2 rings (SSSR count). The molecule has 1 aromatic carbocycles. The van der Waals surface area contributed by atoms with Crippen molar-refractivity contribution >= 4 is 23.5 Å². The van der Waals surface area contributed by atoms with Crippen molar-refractivity contribution in [3.63, 3.8) is 0 Å². The van der Waals surface area contributed by atoms with Crippen molar-refractivity contribution in [2.24, 2.45) is 0 Å². The predicted octanol–water partition coefficient (Wildman–Crippen LogP) is 1.43. The number of rotatable bonds is 5. The molecule has 2 aromatic rings. The highest BCUT2D eigenvalue weighted by molar-refractivity contribution is 6.02. The Bertz CT molecular complexity index is 662. The molecule has 0 aliphatic heterocycles. The highest BCUT2D eigenvalue weighted by Gasteiger charge is 2.11. The number of ether oxygens (including phenoxy) is 1. The Morgan fingerprint density at radius 2 is 1.86 bits per heavy atom. The van der Waals surface area contributed by atoms with Crippen molar-refractivity contribution in [1.82, 2.24) is 5.32 Å². The Kier molecular flexibility index (Phi) is 4.92. The van der Waals surface area contributed by atoms with Gasteiger partial charge in [0.25, 0.3) is 11.8 Å². The average Bonchev–Trinajstić information content (AvgIpc) is 3.07. The van der Waals surface area contributed by atoms with Crippen LogP contribution in [-0.4, -0.2) is 31.4 Å². The topological polar surface area (TPSA) is 97.6 Å². The van der Waals surface area contributed by atoms with E-state index in [2.05, 4.69) is 10.6 Å². The normalized spacial score (nSPS) is 9.86. The van der Waals surface area contributed by atoms with Crippen molar-refractivity contribution in [3.8, 4) is 0 Å². The molecule has 0 fully saturated rings. The molecule has 0 spiro atoms. The molecular weight excluding hydrogens is 288 g/mol. The van der Waals surface area contributed by atoms with Crippen LogP contribution in [0.25, 0.3) is 0 Å². The fourth-order valence-electron chi connectivity index (χ4n) is 1.58. The van der Waals surface area contributed by atoms with Crippen LogP contribution in [0.4, 0.5) is 5.69 Å². The minimum absolute atomic E-state index is 0.189. The minimum atomic E-state index is -0.618. The summed E-state index contributed by atoms with van der Waals surface area (Å²) in [6.45, 7) is -0.341. The summed E-state index contributed by atoms with van der Waals surface area (Å²) in [5, 5.41) is 4.96. The van der Waals surface area contributed by atoms with Crippen molar-refractivity contribution in [3.05, 3.63) is 54.0 Å². The second-order valence-electron chi connectivity index (χ2n) is 4.26. The van der Waals surface area contributed by atoms with E-state index in [0.29, 0.717) is 5.69 Å². The zero-order chi connectivity index (χ0) is 15.9. The fraction of sp³-hybridized carbons (Fsp3) is 0.133. The number of furan rings is 1. The van der Waals surface area contributed by atoms with Gasteiger partial charge in [0.1, 0.15) is 0 Å². The monoisotopic (exact) mass is 302 g/mol. The van der Waals surface area contributed by atoms with E-state index in [1.807, 2.05) is 0 Å². The molecule has 7 heteroatoms. The molecule has 0 radical (unpaired) electrons. The van der Waals surface area contributed by atoms with Gasteiger partial charge in [-0.25, -0.2) is 4.79 Å². The van der Waals surface area contributed by atoms with Gasteiger partial charge in [-0.1, -0.05) is 0 Å². The standard InChI is InChI=1S/C15H14N2O5/c1-16-13(18)9-22-15(20)10-4-6-11(7-5-10)17-14(19)12-3-2-8-21-12/h2-8H,9H2,1H3,(H,16,18)(H,17,19). The summed E-state index contributed by atoms with van der Waals surface area (Å²) in [4.78, 5) is 34.4. The number of benzene rings is 1. The summed E-state index contributed by atoms with van der Waals surface area (Å²) in [5.74, 6) is -1.21. The van der Waals surface area contributed by atoms with Crippen molar-refractivity contribution in [2.45, 2.75) is 0 Å². The summed E-state index contributed by atoms with van der Waals surface area (Å²) in [5.41, 5.74) is 0.782. The van der Waals surface area contributed by atoms with Crippen LogP contribution in [0.15, 0.2) is 47.1 Å². The third-order valence-electron chi connectivity index (χ3n) is 2.74. The maximum atomic E-state index is 11.8. The predicted molar refractivity (Wildman–Crippen MR) is 77.5 cm³/mol. The summed E-state index contributed by atoms with van der Waals surface area (Å²) < 4.78 is 9.78. The minimum Gasteiger partial charge on any atom is -0.459 e. The number of hydrogen-bond donors (Lipinski definition) is 2. The van der Waals surface area contributed by atoms with Crippen LogP contribution in [0.1, 0.15) is 20.9 Å². The Balaban J connectivity index is 1.94. The molecule has 0 saturated carbocycles. The summed E-state index contributed by atoms with van der Waals surface area (Å²) in [6.07, 6.45) is 1.40. The van der Waals surface area contributed by atoms with E-state index in [0.717, 1.165) is 0 Å². The fourth-order valence-corrected chi connectivity index (χ4v) is 1.58. The molecule has 0 unspecified atom stereocenters. The van der Waals surface area contributed by atoms with Crippen LogP contribution in [0.5, 0.6) is 0 Å². The van der Waals surface area contributed by atoms with E-state index in [1.165, 1.54) is 25.4 Å². The summed E-state index contributed by atoms with van der Waals surface area (Å²) in [7, 11) is 1.45. The van der Waals surface area contributed by atoms with Gasteiger partial charge in [-0.3, -0.25) is 9.59 Å². The number of anilines is 1. The first kappa shape index (κ1) is 15.3. The molecule has 1 aromatic heterocycles. The van der Waals surface area contributed by atoms with Gasteiger partial charge in [0.15, 0.2) is 12.4 Å². The van der Waals surface area contributed by atoms with Gasteiger partial charge in [-0.05, 0) is 36.4 Å². The number of likely N-dealkylation sites (N-methyl/N-ethyl adjacent to an activating group) is 1. The van der Waals surface area contributed by atoms with Crippen molar-refractivity contribution < 1.29 is 23.5 Å². The quantitative estimate of drug-likeness (QED) is 0.814. The largest absolute Gasteiger partial charge is 0.459 e. The van der Waals surface area contributed by atoms with E-state index in [9.17, 15) is 14.4 Å². The number of hydrogen-bond acceptors (Lipinski definition) is 5. The average molecular weight is 302 g/mol. The maximum absolute atomic E-state index is 11.8. The van der Waals surface area contributed by atoms with Gasteiger partial charge in [-0.15, -0.1) is 0 Å². The zero-order valence-corrected chi connectivity index (χ0v) is 11.8. The van der Waals surface area contributed by atoms with E-state index < -0.39 is 11.9 Å². The number of carbonyl (C=O) groups is 3. The first-order valence-electron chi connectivity index (χ1n) is 6.43. The molecule has 2 amide bonds. The van der Waals surface area contributed by atoms with Crippen LogP contribution >= 0.6 is 0 Å². The van der Waals surface area contributed by atoms with Crippen molar-refractivity contribution in [2.75, 3.05) is 19.0 Å². The molecule has 114 valence electrons. The number of nitrogens with one attached hydrogen (secondary N) is 2. The Hall–Kier alpha value is -3.09. The lowest BCUT2D eigenvalue weighted by atomic mass is 10.2. The smallest absolute Gasteiger partial charge is 0.338 e. The van der Waals surface area contributed by atoms with E-state index in [4.69, 9.17) is 9.15 Å². The van der Waals surface area contributed by atoms with Gasteiger partial charge in [0.05, 0.1) is 11.8 Å². The molecule has 0 bridgehead atoms. The third-order valence-corrected chi connectivity index (χ3v) is 2.74. The molecule has 0 aliphatic carbocycles. The van der Waals surface area contributed by atoms with Crippen LogP contribution in [0.3, 0.4) is 0 Å². The molecule has 1 heterocycles. The molecular formula is C15H14N2O5. The van der Waals surface area contributed by atoms with Gasteiger partial charge in [-0.2, -0.15) is 0 Å². The Morgan fingerprint density at radius 1 is 1.14 bits per heavy atom. The highest BCUT2D eigenvalue weighted by Crippen LogP contribution is 2.12. The van der Waals surface area contributed by atoms with Crippen LogP contribution in [0.2, 0.25) is 0 Å². The molecule has 0 saturated heterocycles. The zero-order valence-electron chi connectivity index (χ0n) is 11.8. The lowest BCUT2D eigenvalue weighted by Gasteiger charge is -2.06. The van der Waals surface area contributed by atoms with Crippen LogP contribution in [-0.2, 0) is 9.53 Å². The number of esters is 1. The first-order chi connectivity index (χ1) is 10.6. The van der Waals surface area contributed by atoms with Gasteiger partial charge in [0.2, 0.25) is 0 Å². The third kappa shape index (κ3) is 3.95. The Labute approximate surface area is 126 Å². The summed E-state index contributed by atoms with van der Waals surface area (Å²) in [6, 6.07) is 9.24. The van der Waals surface area contributed by atoms with E-state index >= 15 is 0 Å². The Morgan fingerprint density at radius 3 is 2.45 bits per heavy atom. The van der Waals surface area contributed by atoms with Gasteiger partial charge in [0, 0.05) is 12.7 Å². The number of carbonyl (C=O) groups excluding carboxylic acids is 3. The van der Waals surface area contributed by atoms with Crippen LogP contribution < -0.4 is 10.6 Å².